The van der Waals surface area contributed by atoms with Gasteiger partial charge in [0.25, 0.3) is 0 Å². The van der Waals surface area contributed by atoms with Gasteiger partial charge in [-0.2, -0.15) is 0 Å². The van der Waals surface area contributed by atoms with Crippen LogP contribution in [0, 0.1) is 5.92 Å². The van der Waals surface area contributed by atoms with Crippen molar-refractivity contribution in [3.8, 4) is 0 Å². The largest absolute Gasteiger partial charge is 0.309 e. The molecule has 2 atom stereocenters. The van der Waals surface area contributed by atoms with Crippen LogP contribution in [-0.2, 0) is 0 Å². The lowest BCUT2D eigenvalue weighted by Crippen LogP contribution is -2.25. The van der Waals surface area contributed by atoms with Gasteiger partial charge in [0.2, 0.25) is 0 Å². The molecule has 0 rings (SSSR count). The molecule has 2 heteroatoms. The van der Waals surface area contributed by atoms with Crippen molar-refractivity contribution >= 4 is 11.6 Å². The lowest BCUT2D eigenvalue weighted by atomic mass is 10.1. The second-order valence-corrected chi connectivity index (χ2v) is 3.72. The van der Waals surface area contributed by atoms with E-state index < -0.39 is 0 Å². The van der Waals surface area contributed by atoms with Crippen LogP contribution in [0.15, 0.2) is 0 Å². The highest BCUT2D eigenvalue weighted by molar-refractivity contribution is 6.20. The van der Waals surface area contributed by atoms with E-state index in [2.05, 4.69) is 32.8 Å². The second kappa shape index (κ2) is 4.97. The van der Waals surface area contributed by atoms with E-state index in [1.165, 1.54) is 0 Å². The Kier molecular flexibility index (Phi) is 5.10. The number of hydrogen-bond donors (Lipinski definition) is 0. The Morgan fingerprint density at radius 1 is 1.40 bits per heavy atom. The maximum Gasteiger partial charge on any atom is 0.0371 e. The molecule has 0 aliphatic carbocycles. The van der Waals surface area contributed by atoms with Crippen LogP contribution in [0.1, 0.15) is 20.3 Å². The first-order valence-corrected chi connectivity index (χ1v) is 4.30. The molecule has 2 unspecified atom stereocenters. The van der Waals surface area contributed by atoms with Gasteiger partial charge in [0.15, 0.2) is 0 Å². The van der Waals surface area contributed by atoms with Gasteiger partial charge < -0.3 is 4.90 Å². The SMILES string of the molecule is CCC(Cl)C(C)CN(C)C. The molecular formula is C8H18ClN. The third-order valence-electron chi connectivity index (χ3n) is 1.66. The Bertz CT molecular complexity index is 83.3. The topological polar surface area (TPSA) is 3.24 Å². The number of rotatable bonds is 4. The Labute approximate surface area is 69.4 Å². The third-order valence-corrected chi connectivity index (χ3v) is 2.40. The lowest BCUT2D eigenvalue weighted by Gasteiger charge is -2.20. The van der Waals surface area contributed by atoms with Crippen LogP contribution < -0.4 is 0 Å². The number of nitrogens with zero attached hydrogens (tertiary/aromatic N) is 1. The van der Waals surface area contributed by atoms with Crippen LogP contribution in [0.4, 0.5) is 0 Å². The fourth-order valence-electron chi connectivity index (χ4n) is 1.09. The van der Waals surface area contributed by atoms with Crippen LogP contribution in [0.2, 0.25) is 0 Å². The molecule has 10 heavy (non-hydrogen) atoms. The normalized spacial score (nSPS) is 17.4. The van der Waals surface area contributed by atoms with Crippen LogP contribution in [0.5, 0.6) is 0 Å². The van der Waals surface area contributed by atoms with E-state index in [1.54, 1.807) is 0 Å². The van der Waals surface area contributed by atoms with Gasteiger partial charge in [-0.1, -0.05) is 13.8 Å². The van der Waals surface area contributed by atoms with Crippen LogP contribution in [-0.4, -0.2) is 30.9 Å². The van der Waals surface area contributed by atoms with Gasteiger partial charge >= 0.3 is 0 Å². The Hall–Kier alpha value is 0.250. The average molecular weight is 164 g/mol. The van der Waals surface area contributed by atoms with Crippen molar-refractivity contribution in [3.05, 3.63) is 0 Å². The first kappa shape index (κ1) is 10.2. The lowest BCUT2D eigenvalue weighted by molar-refractivity contribution is 0.329. The third kappa shape index (κ3) is 4.13. The molecule has 0 fully saturated rings. The molecule has 0 aromatic rings. The van der Waals surface area contributed by atoms with Gasteiger partial charge in [0, 0.05) is 11.9 Å². The highest BCUT2D eigenvalue weighted by atomic mass is 35.5. The Morgan fingerprint density at radius 3 is 2.20 bits per heavy atom. The van der Waals surface area contributed by atoms with Crippen molar-refractivity contribution in [2.24, 2.45) is 5.92 Å². The molecule has 62 valence electrons. The summed E-state index contributed by atoms with van der Waals surface area (Å²) in [5.74, 6) is 0.599. The molecule has 0 N–H and O–H groups in total. The second-order valence-electron chi connectivity index (χ2n) is 3.16. The van der Waals surface area contributed by atoms with Crippen molar-refractivity contribution in [1.29, 1.82) is 0 Å². The monoisotopic (exact) mass is 163 g/mol. The minimum Gasteiger partial charge on any atom is -0.309 e. The summed E-state index contributed by atoms with van der Waals surface area (Å²) in [5, 5.41) is 0.336. The number of halogens is 1. The average Bonchev–Trinajstić information content (AvgIpc) is 1.85. The van der Waals surface area contributed by atoms with Gasteiger partial charge in [-0.15, -0.1) is 11.6 Å². The molecule has 0 aromatic carbocycles. The minimum atomic E-state index is 0.336. The molecule has 0 heterocycles. The van der Waals surface area contributed by atoms with E-state index in [-0.39, 0.29) is 0 Å². The molecule has 0 aliphatic heterocycles. The molecule has 0 saturated heterocycles. The van der Waals surface area contributed by atoms with E-state index in [0.717, 1.165) is 13.0 Å². The summed E-state index contributed by atoms with van der Waals surface area (Å²) < 4.78 is 0. The molecule has 0 amide bonds. The van der Waals surface area contributed by atoms with Crippen molar-refractivity contribution in [3.63, 3.8) is 0 Å². The summed E-state index contributed by atoms with van der Waals surface area (Å²) >= 11 is 6.03. The number of alkyl halides is 1. The van der Waals surface area contributed by atoms with Crippen LogP contribution >= 0.6 is 11.6 Å². The van der Waals surface area contributed by atoms with Gasteiger partial charge in [-0.25, -0.2) is 0 Å². The first-order valence-electron chi connectivity index (χ1n) is 3.86. The number of hydrogen-bond acceptors (Lipinski definition) is 1. The summed E-state index contributed by atoms with van der Waals surface area (Å²) in [6.45, 7) is 5.41. The van der Waals surface area contributed by atoms with E-state index in [0.29, 0.717) is 11.3 Å². The molecular weight excluding hydrogens is 146 g/mol. The Morgan fingerprint density at radius 2 is 1.90 bits per heavy atom. The Balaban J connectivity index is 3.50. The molecule has 0 aromatic heterocycles. The summed E-state index contributed by atoms with van der Waals surface area (Å²) in [6, 6.07) is 0. The maximum absolute atomic E-state index is 6.03. The van der Waals surface area contributed by atoms with Crippen molar-refractivity contribution in [2.45, 2.75) is 25.6 Å². The van der Waals surface area contributed by atoms with E-state index >= 15 is 0 Å². The summed E-state index contributed by atoms with van der Waals surface area (Å²) in [5.41, 5.74) is 0. The first-order chi connectivity index (χ1) is 4.57. The zero-order valence-corrected chi connectivity index (χ0v) is 8.15. The zero-order valence-electron chi connectivity index (χ0n) is 7.39. The summed E-state index contributed by atoms with van der Waals surface area (Å²) in [4.78, 5) is 2.18. The van der Waals surface area contributed by atoms with Crippen molar-refractivity contribution < 1.29 is 0 Å². The standard InChI is InChI=1S/C8H18ClN/c1-5-8(9)7(2)6-10(3)4/h7-8H,5-6H2,1-4H3. The van der Waals surface area contributed by atoms with Gasteiger partial charge in [-0.05, 0) is 26.4 Å². The molecule has 0 saturated carbocycles. The quantitative estimate of drug-likeness (QED) is 0.575. The molecule has 1 nitrogen and oxygen atoms in total. The fraction of sp³-hybridized carbons (Fsp3) is 1.00. The van der Waals surface area contributed by atoms with Gasteiger partial charge in [0.1, 0.15) is 0 Å². The highest BCUT2D eigenvalue weighted by Crippen LogP contribution is 2.13. The van der Waals surface area contributed by atoms with E-state index in [1.807, 2.05) is 0 Å². The van der Waals surface area contributed by atoms with Crippen LogP contribution in [0.25, 0.3) is 0 Å². The van der Waals surface area contributed by atoms with Crippen LogP contribution in [0.3, 0.4) is 0 Å². The van der Waals surface area contributed by atoms with E-state index in [9.17, 15) is 0 Å². The predicted molar refractivity (Wildman–Crippen MR) is 47.7 cm³/mol. The fourth-order valence-corrected chi connectivity index (χ4v) is 1.17. The van der Waals surface area contributed by atoms with Crippen molar-refractivity contribution in [1.82, 2.24) is 4.90 Å². The van der Waals surface area contributed by atoms with Crippen molar-refractivity contribution in [2.75, 3.05) is 20.6 Å². The maximum atomic E-state index is 6.03. The molecule has 0 radical (unpaired) electrons. The van der Waals surface area contributed by atoms with Gasteiger partial charge in [-0.3, -0.25) is 0 Å². The van der Waals surface area contributed by atoms with E-state index in [4.69, 9.17) is 11.6 Å². The minimum absolute atomic E-state index is 0.336. The zero-order chi connectivity index (χ0) is 8.15. The predicted octanol–water partition coefficient (Wildman–Crippen LogP) is 2.20. The molecule has 0 spiro atoms. The highest BCUT2D eigenvalue weighted by Gasteiger charge is 2.12. The molecule has 0 aliphatic rings. The molecule has 0 bridgehead atoms. The summed E-state index contributed by atoms with van der Waals surface area (Å²) in [6.07, 6.45) is 1.07. The smallest absolute Gasteiger partial charge is 0.0371 e. The summed E-state index contributed by atoms with van der Waals surface area (Å²) in [7, 11) is 4.16. The van der Waals surface area contributed by atoms with Gasteiger partial charge in [0.05, 0.1) is 0 Å².